The number of hydrogen-bond acceptors (Lipinski definition) is 5. The van der Waals surface area contributed by atoms with Crippen molar-refractivity contribution in [2.24, 2.45) is 10.9 Å². The van der Waals surface area contributed by atoms with Gasteiger partial charge in [-0.25, -0.2) is 9.98 Å². The van der Waals surface area contributed by atoms with Gasteiger partial charge in [0.1, 0.15) is 5.82 Å². The Bertz CT molecular complexity index is 608. The van der Waals surface area contributed by atoms with Crippen LogP contribution in [0.3, 0.4) is 0 Å². The number of nitrogens with zero attached hydrogens (tertiary/aromatic N) is 5. The highest BCUT2D eigenvalue weighted by Crippen LogP contribution is 2.20. The number of guanidine groups is 1. The number of anilines is 1. The molecule has 2 fully saturated rings. The third-order valence-corrected chi connectivity index (χ3v) is 5.32. The highest BCUT2D eigenvalue weighted by atomic mass is 16.5. The summed E-state index contributed by atoms with van der Waals surface area (Å²) in [6, 6.07) is 4.16. The van der Waals surface area contributed by atoms with E-state index in [1.54, 1.807) is 0 Å². The summed E-state index contributed by atoms with van der Waals surface area (Å²) in [5.74, 6) is 2.63. The van der Waals surface area contributed by atoms with E-state index < -0.39 is 0 Å². The van der Waals surface area contributed by atoms with E-state index in [0.29, 0.717) is 12.5 Å². The summed E-state index contributed by atoms with van der Waals surface area (Å²) in [6.45, 7) is 10.5. The second kappa shape index (κ2) is 9.90. The molecule has 0 saturated carbocycles. The molecule has 1 N–H and O–H groups in total. The topological polar surface area (TPSA) is 56.2 Å². The van der Waals surface area contributed by atoms with Crippen LogP contribution in [0.25, 0.3) is 0 Å². The lowest BCUT2D eigenvalue weighted by molar-refractivity contribution is 0.181. The molecule has 27 heavy (non-hydrogen) atoms. The van der Waals surface area contributed by atoms with Crippen LogP contribution in [0.15, 0.2) is 23.3 Å². The van der Waals surface area contributed by atoms with Crippen LogP contribution in [0, 0.1) is 5.92 Å². The normalized spacial score (nSPS) is 21.5. The molecule has 7 heteroatoms. The van der Waals surface area contributed by atoms with Crippen molar-refractivity contribution < 1.29 is 4.74 Å². The van der Waals surface area contributed by atoms with E-state index in [0.717, 1.165) is 70.7 Å². The first-order valence-corrected chi connectivity index (χ1v) is 10.1. The SMILES string of the molecule is CCNC(=NCc1cccnc1N1CCN(C)CC1)N(C)CC1CCOC1. The van der Waals surface area contributed by atoms with Gasteiger partial charge in [0, 0.05) is 70.6 Å². The molecule has 0 aromatic carbocycles. The zero-order valence-corrected chi connectivity index (χ0v) is 17.0. The Balaban J connectivity index is 1.68. The Morgan fingerprint density at radius 2 is 2.19 bits per heavy atom. The molecule has 7 nitrogen and oxygen atoms in total. The minimum absolute atomic E-state index is 0.596. The standard InChI is InChI=1S/C20H34N6O/c1-4-21-20(25(3)15-17-7-13-27-16-17)23-14-18-6-5-8-22-19(18)26-11-9-24(2)10-12-26/h5-6,8,17H,4,7,9-16H2,1-3H3,(H,21,23). The molecule has 3 heterocycles. The van der Waals surface area contributed by atoms with E-state index >= 15 is 0 Å². The molecule has 0 radical (unpaired) electrons. The first kappa shape index (κ1) is 19.9. The number of pyridine rings is 1. The number of rotatable bonds is 6. The minimum Gasteiger partial charge on any atom is -0.381 e. The van der Waals surface area contributed by atoms with Crippen LogP contribution in [0.5, 0.6) is 0 Å². The van der Waals surface area contributed by atoms with Crippen molar-refractivity contribution in [3.8, 4) is 0 Å². The lowest BCUT2D eigenvalue weighted by Gasteiger charge is -2.34. The number of likely N-dealkylation sites (N-methyl/N-ethyl adjacent to an activating group) is 1. The number of hydrogen-bond donors (Lipinski definition) is 1. The molecule has 0 spiro atoms. The molecule has 150 valence electrons. The summed E-state index contributed by atoms with van der Waals surface area (Å²) in [4.78, 5) is 16.6. The van der Waals surface area contributed by atoms with E-state index in [4.69, 9.17) is 9.73 Å². The van der Waals surface area contributed by atoms with Crippen LogP contribution in [-0.2, 0) is 11.3 Å². The third-order valence-electron chi connectivity index (χ3n) is 5.32. The van der Waals surface area contributed by atoms with Crippen molar-refractivity contribution in [2.75, 3.05) is 71.5 Å². The summed E-state index contributed by atoms with van der Waals surface area (Å²) in [6.07, 6.45) is 3.03. The molecule has 1 unspecified atom stereocenters. The molecular formula is C20H34N6O. The molecule has 1 aromatic heterocycles. The predicted molar refractivity (Wildman–Crippen MR) is 110 cm³/mol. The monoisotopic (exact) mass is 374 g/mol. The first-order valence-electron chi connectivity index (χ1n) is 10.1. The Hall–Kier alpha value is -1.86. The average Bonchev–Trinajstić information content (AvgIpc) is 3.19. The van der Waals surface area contributed by atoms with Crippen molar-refractivity contribution in [3.63, 3.8) is 0 Å². The Kier molecular flexibility index (Phi) is 7.29. The lowest BCUT2D eigenvalue weighted by atomic mass is 10.1. The van der Waals surface area contributed by atoms with Crippen LogP contribution in [0.1, 0.15) is 18.9 Å². The minimum atomic E-state index is 0.596. The van der Waals surface area contributed by atoms with Gasteiger partial charge >= 0.3 is 0 Å². The van der Waals surface area contributed by atoms with E-state index in [9.17, 15) is 0 Å². The van der Waals surface area contributed by atoms with Crippen molar-refractivity contribution in [1.82, 2.24) is 20.1 Å². The van der Waals surface area contributed by atoms with Crippen molar-refractivity contribution in [1.29, 1.82) is 0 Å². The van der Waals surface area contributed by atoms with Gasteiger partial charge in [-0.15, -0.1) is 0 Å². The number of aromatic nitrogens is 1. The summed E-state index contributed by atoms with van der Waals surface area (Å²) < 4.78 is 5.51. The average molecular weight is 375 g/mol. The summed E-state index contributed by atoms with van der Waals surface area (Å²) in [5.41, 5.74) is 1.19. The highest BCUT2D eigenvalue weighted by molar-refractivity contribution is 5.79. The van der Waals surface area contributed by atoms with Crippen LogP contribution in [0.2, 0.25) is 0 Å². The van der Waals surface area contributed by atoms with Crippen molar-refractivity contribution in [3.05, 3.63) is 23.9 Å². The number of aliphatic imine (C=N–C) groups is 1. The fourth-order valence-corrected chi connectivity index (χ4v) is 3.69. The van der Waals surface area contributed by atoms with E-state index in [2.05, 4.69) is 52.1 Å². The Morgan fingerprint density at radius 3 is 2.89 bits per heavy atom. The smallest absolute Gasteiger partial charge is 0.193 e. The highest BCUT2D eigenvalue weighted by Gasteiger charge is 2.20. The maximum Gasteiger partial charge on any atom is 0.193 e. The number of nitrogens with one attached hydrogen (secondary N) is 1. The molecule has 1 aromatic rings. The van der Waals surface area contributed by atoms with E-state index in [1.807, 2.05) is 12.3 Å². The fourth-order valence-electron chi connectivity index (χ4n) is 3.69. The summed E-state index contributed by atoms with van der Waals surface area (Å²) in [5, 5.41) is 3.43. The molecular weight excluding hydrogens is 340 g/mol. The molecule has 2 aliphatic rings. The van der Waals surface area contributed by atoms with E-state index in [-0.39, 0.29) is 0 Å². The second-order valence-corrected chi connectivity index (χ2v) is 7.56. The third kappa shape index (κ3) is 5.56. The van der Waals surface area contributed by atoms with Gasteiger partial charge in [0.2, 0.25) is 0 Å². The maximum atomic E-state index is 5.51. The Labute approximate surface area is 163 Å². The van der Waals surface area contributed by atoms with Gasteiger partial charge in [0.15, 0.2) is 5.96 Å². The number of piperazine rings is 1. The first-order chi connectivity index (χ1) is 13.2. The van der Waals surface area contributed by atoms with Crippen LogP contribution >= 0.6 is 0 Å². The number of ether oxygens (including phenoxy) is 1. The maximum absolute atomic E-state index is 5.51. The van der Waals surface area contributed by atoms with Crippen LogP contribution in [0.4, 0.5) is 5.82 Å². The van der Waals surface area contributed by atoms with Crippen LogP contribution < -0.4 is 10.2 Å². The second-order valence-electron chi connectivity index (χ2n) is 7.56. The van der Waals surface area contributed by atoms with Gasteiger partial charge in [0.25, 0.3) is 0 Å². The largest absolute Gasteiger partial charge is 0.381 e. The van der Waals surface area contributed by atoms with Gasteiger partial charge < -0.3 is 24.8 Å². The van der Waals surface area contributed by atoms with Gasteiger partial charge in [-0.3, -0.25) is 0 Å². The summed E-state index contributed by atoms with van der Waals surface area (Å²) in [7, 11) is 4.29. The molecule has 1 atom stereocenters. The van der Waals surface area contributed by atoms with Crippen LogP contribution in [-0.4, -0.2) is 87.3 Å². The molecule has 0 amide bonds. The van der Waals surface area contributed by atoms with Gasteiger partial charge in [0.05, 0.1) is 13.2 Å². The predicted octanol–water partition coefficient (Wildman–Crippen LogP) is 1.27. The fraction of sp³-hybridized carbons (Fsp3) is 0.700. The van der Waals surface area contributed by atoms with E-state index in [1.165, 1.54) is 5.56 Å². The van der Waals surface area contributed by atoms with Gasteiger partial charge in [-0.2, -0.15) is 0 Å². The molecule has 0 bridgehead atoms. The molecule has 3 rings (SSSR count). The van der Waals surface area contributed by atoms with Crippen molar-refractivity contribution in [2.45, 2.75) is 19.9 Å². The molecule has 2 saturated heterocycles. The zero-order valence-electron chi connectivity index (χ0n) is 17.0. The Morgan fingerprint density at radius 1 is 1.37 bits per heavy atom. The van der Waals surface area contributed by atoms with Crippen molar-refractivity contribution >= 4 is 11.8 Å². The molecule has 0 aliphatic carbocycles. The lowest BCUT2D eigenvalue weighted by Crippen LogP contribution is -2.45. The van der Waals surface area contributed by atoms with Gasteiger partial charge in [-0.1, -0.05) is 6.07 Å². The molecule has 2 aliphatic heterocycles. The van der Waals surface area contributed by atoms with Gasteiger partial charge in [-0.05, 0) is 26.5 Å². The summed E-state index contributed by atoms with van der Waals surface area (Å²) >= 11 is 0. The zero-order chi connectivity index (χ0) is 19.1. The quantitative estimate of drug-likeness (QED) is 0.598.